The molecule has 0 saturated heterocycles. The van der Waals surface area contributed by atoms with Crippen molar-refractivity contribution >= 4 is 104 Å². The van der Waals surface area contributed by atoms with Crippen LogP contribution in [-0.2, 0) is 22.7 Å². The molecular weight excluding hydrogens is 788 g/mol. The maximum absolute atomic E-state index is 2.95. The predicted molar refractivity (Wildman–Crippen MR) is 273 cm³/mol. The number of anilines is 4. The Bertz CT molecular complexity index is 3270. The molecule has 2 atom stereocenters. The molecule has 2 unspecified atom stereocenters. The van der Waals surface area contributed by atoms with Crippen LogP contribution in [0.25, 0.3) is 51.5 Å². The molecule has 5 aliphatic rings. The van der Waals surface area contributed by atoms with E-state index in [4.69, 9.17) is 0 Å². The van der Waals surface area contributed by atoms with Gasteiger partial charge in [0, 0.05) is 79.6 Å². The summed E-state index contributed by atoms with van der Waals surface area (Å²) < 4.78 is 5.58. The van der Waals surface area contributed by atoms with E-state index < -0.39 is 0 Å². The van der Waals surface area contributed by atoms with Crippen LogP contribution < -0.4 is 20.6 Å². The first-order valence-electron chi connectivity index (χ1n) is 23.7. The number of fused-ring (bicyclic) bond motifs is 15. The minimum Gasteiger partial charge on any atom is -0.376 e. The molecular formula is C57H57BN2S2. The fraction of sp³-hybridized carbons (Fsp3) is 0.368. The summed E-state index contributed by atoms with van der Waals surface area (Å²) >= 11 is 3.98. The molecule has 0 bridgehead atoms. The van der Waals surface area contributed by atoms with E-state index in [9.17, 15) is 0 Å². The first kappa shape index (κ1) is 37.9. The van der Waals surface area contributed by atoms with Crippen LogP contribution in [0.15, 0.2) is 91.0 Å². The van der Waals surface area contributed by atoms with Crippen molar-refractivity contribution in [2.75, 3.05) is 9.71 Å². The highest BCUT2D eigenvalue weighted by molar-refractivity contribution is 7.27. The molecule has 1 saturated carbocycles. The van der Waals surface area contributed by atoms with Gasteiger partial charge in [0.15, 0.2) is 0 Å². The third-order valence-corrected chi connectivity index (χ3v) is 19.7. The van der Waals surface area contributed by atoms with Gasteiger partial charge in [0.1, 0.15) is 0 Å². The first-order valence-corrected chi connectivity index (χ1v) is 25.3. The normalized spacial score (nSPS) is 22.6. The van der Waals surface area contributed by atoms with Gasteiger partial charge in [0.2, 0.25) is 0 Å². The number of nitrogens with zero attached hydrogens (tertiary/aromatic N) is 2. The van der Waals surface area contributed by atoms with Crippen molar-refractivity contribution in [3.63, 3.8) is 0 Å². The smallest absolute Gasteiger partial charge is 0.333 e. The average Bonchev–Trinajstić information content (AvgIpc) is 3.88. The lowest BCUT2D eigenvalue weighted by molar-refractivity contribution is 0.195. The van der Waals surface area contributed by atoms with Crippen LogP contribution in [0, 0.1) is 6.92 Å². The zero-order valence-corrected chi connectivity index (χ0v) is 39.4. The maximum atomic E-state index is 2.95. The van der Waals surface area contributed by atoms with Crippen molar-refractivity contribution in [1.29, 1.82) is 0 Å². The lowest BCUT2D eigenvalue weighted by atomic mass is 9.43. The van der Waals surface area contributed by atoms with E-state index in [0.29, 0.717) is 0 Å². The summed E-state index contributed by atoms with van der Waals surface area (Å²) in [6, 6.07) is 37.0. The SMILES string of the molecule is CCCCc1cc2c3c(c1)C1(C)CCCCC1(C)N3c1cc3c(sc4ccccc43)c3c1B2N(c1cc2c(cc1C)C(C)(C)CCC2(C)C)c1cc2c(cc1-3)sc1ccccc12. The first-order chi connectivity index (χ1) is 29.8. The number of aryl methyl sites for hydroxylation is 2. The molecule has 6 aromatic carbocycles. The van der Waals surface area contributed by atoms with Gasteiger partial charge in [0.25, 0.3) is 0 Å². The number of benzene rings is 6. The van der Waals surface area contributed by atoms with E-state index in [1.165, 1.54) is 153 Å². The van der Waals surface area contributed by atoms with E-state index >= 15 is 0 Å². The van der Waals surface area contributed by atoms with Gasteiger partial charge >= 0.3 is 6.85 Å². The molecule has 0 spiro atoms. The molecule has 2 aromatic heterocycles. The fourth-order valence-electron chi connectivity index (χ4n) is 13.6. The molecule has 5 heterocycles. The highest BCUT2D eigenvalue weighted by Gasteiger charge is 2.62. The zero-order valence-electron chi connectivity index (χ0n) is 37.8. The van der Waals surface area contributed by atoms with Crippen molar-refractivity contribution in [2.24, 2.45) is 0 Å². The topological polar surface area (TPSA) is 6.48 Å². The summed E-state index contributed by atoms with van der Waals surface area (Å²) in [7, 11) is 0. The Morgan fingerprint density at radius 2 is 1.31 bits per heavy atom. The van der Waals surface area contributed by atoms with Gasteiger partial charge < -0.3 is 9.71 Å². The summed E-state index contributed by atoms with van der Waals surface area (Å²) in [5, 5.41) is 5.56. The summed E-state index contributed by atoms with van der Waals surface area (Å²) in [4.78, 5) is 5.84. The van der Waals surface area contributed by atoms with Gasteiger partial charge in [-0.25, -0.2) is 0 Å². The van der Waals surface area contributed by atoms with E-state index in [1.54, 1.807) is 11.1 Å². The molecule has 1 fully saturated rings. The van der Waals surface area contributed by atoms with Gasteiger partial charge in [-0.2, -0.15) is 0 Å². The number of hydrogen-bond acceptors (Lipinski definition) is 4. The maximum Gasteiger partial charge on any atom is 0.333 e. The monoisotopic (exact) mass is 844 g/mol. The molecule has 62 heavy (non-hydrogen) atoms. The Labute approximate surface area is 376 Å². The van der Waals surface area contributed by atoms with Crippen LogP contribution in [0.1, 0.15) is 128 Å². The van der Waals surface area contributed by atoms with Crippen LogP contribution in [0.3, 0.4) is 0 Å². The molecule has 13 rings (SSSR count). The minimum atomic E-state index is -0.0260. The van der Waals surface area contributed by atoms with Gasteiger partial charge in [-0.05, 0) is 138 Å². The Morgan fingerprint density at radius 1 is 0.629 bits per heavy atom. The largest absolute Gasteiger partial charge is 0.376 e. The molecule has 3 aliphatic heterocycles. The molecule has 0 N–H and O–H groups in total. The standard InChI is InChI=1S/C57H57BN2S2/c1-9-10-17-34-27-42-52-43(28-34)58-51-46(59(52)57(8)23-16-15-22-56(42,57)7)30-38-36-19-12-14-21-48(36)62-53(38)50(51)39-31-49-37(35-18-11-13-20-47(35)61-49)29-45(39)60(58)44-32-41-40(26-33(44)2)54(3,4)24-25-55(41,5)6/h11-14,18-21,26-32H,9-10,15-17,22-25H2,1-8H3. The van der Waals surface area contributed by atoms with Crippen molar-refractivity contribution < 1.29 is 0 Å². The second-order valence-corrected chi connectivity index (χ2v) is 23.8. The zero-order chi connectivity index (χ0) is 42.2. The molecule has 5 heteroatoms. The summed E-state index contributed by atoms with van der Waals surface area (Å²) in [5.74, 6) is 0. The van der Waals surface area contributed by atoms with Crippen molar-refractivity contribution in [3.05, 3.63) is 119 Å². The van der Waals surface area contributed by atoms with Crippen LogP contribution >= 0.6 is 22.7 Å². The number of unbranched alkanes of at least 4 members (excludes halogenated alkanes) is 1. The van der Waals surface area contributed by atoms with Crippen molar-refractivity contribution in [2.45, 2.75) is 135 Å². The highest BCUT2D eigenvalue weighted by Crippen LogP contribution is 2.63. The number of hydrogen-bond donors (Lipinski definition) is 0. The molecule has 8 aromatic rings. The predicted octanol–water partition coefficient (Wildman–Crippen LogP) is 15.4. The van der Waals surface area contributed by atoms with Gasteiger partial charge in [-0.1, -0.05) is 115 Å². The molecule has 310 valence electrons. The average molecular weight is 845 g/mol. The molecule has 2 nitrogen and oxygen atoms in total. The minimum absolute atomic E-state index is 0.0260. The second kappa shape index (κ2) is 12.6. The quantitative estimate of drug-likeness (QED) is 0.163. The summed E-state index contributed by atoms with van der Waals surface area (Å²) in [6.45, 7) is 20.1. The van der Waals surface area contributed by atoms with Gasteiger partial charge in [0.05, 0.1) is 5.54 Å². The lowest BCUT2D eigenvalue weighted by Gasteiger charge is -2.53. The fourth-order valence-corrected chi connectivity index (χ4v) is 16.0. The van der Waals surface area contributed by atoms with Crippen LogP contribution in [0.4, 0.5) is 22.7 Å². The third-order valence-electron chi connectivity index (χ3n) is 17.3. The molecule has 0 radical (unpaired) electrons. The number of thiophene rings is 2. The van der Waals surface area contributed by atoms with Crippen LogP contribution in [-0.4, -0.2) is 12.4 Å². The van der Waals surface area contributed by atoms with Crippen molar-refractivity contribution in [3.8, 4) is 11.1 Å². The lowest BCUT2D eigenvalue weighted by Crippen LogP contribution is -2.64. The third kappa shape index (κ3) is 4.72. The van der Waals surface area contributed by atoms with E-state index in [1.807, 2.05) is 22.7 Å². The summed E-state index contributed by atoms with van der Waals surface area (Å²) in [5.41, 5.74) is 19.5. The Balaban J connectivity index is 1.23. The molecule has 2 aliphatic carbocycles. The highest BCUT2D eigenvalue weighted by atomic mass is 32.1. The van der Waals surface area contributed by atoms with E-state index in [0.717, 1.165) is 6.42 Å². The van der Waals surface area contributed by atoms with Gasteiger partial charge in [-0.3, -0.25) is 0 Å². The Kier molecular flexibility index (Phi) is 7.69. The summed E-state index contributed by atoms with van der Waals surface area (Å²) in [6.07, 6.45) is 11.0. The van der Waals surface area contributed by atoms with Crippen LogP contribution in [0.5, 0.6) is 0 Å². The number of rotatable bonds is 4. The van der Waals surface area contributed by atoms with E-state index in [2.05, 4.69) is 156 Å². The van der Waals surface area contributed by atoms with Crippen molar-refractivity contribution in [1.82, 2.24) is 0 Å². The second-order valence-electron chi connectivity index (χ2n) is 21.7. The van der Waals surface area contributed by atoms with E-state index in [-0.39, 0.29) is 28.6 Å². The Morgan fingerprint density at radius 3 is 2.06 bits per heavy atom. The van der Waals surface area contributed by atoms with Crippen LogP contribution in [0.2, 0.25) is 0 Å². The molecule has 0 amide bonds. The van der Waals surface area contributed by atoms with Gasteiger partial charge in [-0.15, -0.1) is 22.7 Å². The Hall–Kier alpha value is -4.58.